The zero-order chi connectivity index (χ0) is 18.0. The minimum absolute atomic E-state index is 0.0566. The number of non-ortho nitro benzene ring substituents is 1. The number of rotatable bonds is 4. The number of carbonyl (C=O) groups is 1. The van der Waals surface area contributed by atoms with E-state index < -0.39 is 17.1 Å². The first-order valence-electron chi connectivity index (χ1n) is 7.34. The summed E-state index contributed by atoms with van der Waals surface area (Å²) in [6, 6.07) is 12.6. The Bertz CT molecular complexity index is 863. The third-order valence-corrected chi connectivity index (χ3v) is 3.44. The zero-order valence-corrected chi connectivity index (χ0v) is 13.1. The average Bonchev–Trinajstić information content (AvgIpc) is 2.58. The van der Waals surface area contributed by atoms with Gasteiger partial charge in [-0.25, -0.2) is 0 Å². The normalized spacial score (nSPS) is 15.8. The molecule has 2 N–H and O–H groups in total. The van der Waals surface area contributed by atoms with E-state index >= 15 is 0 Å². The lowest BCUT2D eigenvalue weighted by Crippen LogP contribution is -2.41. The van der Waals surface area contributed by atoms with Crippen LogP contribution in [0.5, 0.6) is 11.5 Å². The molecule has 8 nitrogen and oxygen atoms in total. The van der Waals surface area contributed by atoms with Crippen molar-refractivity contribution in [2.24, 2.45) is 0 Å². The van der Waals surface area contributed by atoms with Gasteiger partial charge in [-0.2, -0.15) is 0 Å². The zero-order valence-electron chi connectivity index (χ0n) is 13.1. The predicted molar refractivity (Wildman–Crippen MR) is 87.9 cm³/mol. The van der Waals surface area contributed by atoms with Crippen molar-refractivity contribution in [2.75, 3.05) is 0 Å². The van der Waals surface area contributed by atoms with Crippen LogP contribution < -0.4 is 14.8 Å². The fourth-order valence-corrected chi connectivity index (χ4v) is 2.35. The number of carbonyl (C=O) groups excluding carboxylic acids is 1. The van der Waals surface area contributed by atoms with E-state index in [-0.39, 0.29) is 23.0 Å². The van der Waals surface area contributed by atoms with Gasteiger partial charge in [0, 0.05) is 13.0 Å². The molecule has 0 fully saturated rings. The maximum Gasteiger partial charge on any atom is 0.273 e. The minimum Gasteiger partial charge on any atom is -0.504 e. The van der Waals surface area contributed by atoms with Crippen molar-refractivity contribution >= 4 is 17.4 Å². The van der Waals surface area contributed by atoms with Gasteiger partial charge >= 0.3 is 0 Å². The van der Waals surface area contributed by atoms with Gasteiger partial charge in [-0.05, 0) is 18.2 Å². The molecule has 0 saturated carbocycles. The smallest absolute Gasteiger partial charge is 0.273 e. The Morgan fingerprint density at radius 3 is 2.64 bits per heavy atom. The summed E-state index contributed by atoms with van der Waals surface area (Å²) in [5.41, 5.74) is 0.161. The Morgan fingerprint density at radius 2 is 2.00 bits per heavy atom. The number of hydrogen-bond acceptors (Lipinski definition) is 6. The number of nitrogens with one attached hydrogen (secondary N) is 1. The second-order valence-electron chi connectivity index (χ2n) is 5.27. The molecule has 8 heteroatoms. The number of amides is 1. The van der Waals surface area contributed by atoms with Crippen molar-refractivity contribution < 1.29 is 24.3 Å². The molecule has 1 heterocycles. The molecular weight excluding hydrogens is 328 g/mol. The Morgan fingerprint density at radius 1 is 1.28 bits per heavy atom. The molecule has 0 saturated heterocycles. The van der Waals surface area contributed by atoms with E-state index in [2.05, 4.69) is 5.32 Å². The third-order valence-electron chi connectivity index (χ3n) is 3.44. The molecule has 2 aromatic rings. The number of fused-ring (bicyclic) bond motifs is 1. The van der Waals surface area contributed by atoms with Crippen LogP contribution in [-0.4, -0.2) is 22.2 Å². The number of para-hydroxylation sites is 1. The molecule has 0 bridgehead atoms. The molecular formula is C17H14N2O6. The van der Waals surface area contributed by atoms with Crippen LogP contribution in [0.1, 0.15) is 12.5 Å². The van der Waals surface area contributed by atoms with Gasteiger partial charge < -0.3 is 19.9 Å². The highest BCUT2D eigenvalue weighted by molar-refractivity contribution is 5.76. The molecule has 0 spiro atoms. The van der Waals surface area contributed by atoms with E-state index in [1.807, 2.05) is 6.07 Å². The van der Waals surface area contributed by atoms with Crippen LogP contribution in [0.15, 0.2) is 54.3 Å². The lowest BCUT2D eigenvalue weighted by atomic mass is 10.1. The molecule has 25 heavy (non-hydrogen) atoms. The van der Waals surface area contributed by atoms with Gasteiger partial charge in [-0.3, -0.25) is 14.9 Å². The van der Waals surface area contributed by atoms with Crippen LogP contribution in [0.3, 0.4) is 0 Å². The molecule has 0 aromatic heterocycles. The predicted octanol–water partition coefficient (Wildman–Crippen LogP) is 2.76. The summed E-state index contributed by atoms with van der Waals surface area (Å²) < 4.78 is 11.2. The summed E-state index contributed by atoms with van der Waals surface area (Å²) in [5, 5.41) is 23.8. The Kier molecular flexibility index (Phi) is 4.25. The minimum atomic E-state index is -1.20. The molecule has 1 aliphatic heterocycles. The molecule has 1 unspecified atom stereocenters. The Hall–Kier alpha value is -3.55. The van der Waals surface area contributed by atoms with Gasteiger partial charge in [-0.15, -0.1) is 0 Å². The van der Waals surface area contributed by atoms with Gasteiger partial charge in [0.1, 0.15) is 11.5 Å². The average molecular weight is 342 g/mol. The van der Waals surface area contributed by atoms with E-state index in [0.717, 1.165) is 0 Å². The van der Waals surface area contributed by atoms with E-state index in [1.54, 1.807) is 24.3 Å². The van der Waals surface area contributed by atoms with E-state index in [1.165, 1.54) is 25.1 Å². The van der Waals surface area contributed by atoms with Crippen molar-refractivity contribution in [1.82, 2.24) is 5.32 Å². The van der Waals surface area contributed by atoms with Crippen LogP contribution in [0.25, 0.3) is 5.76 Å². The number of aliphatic hydroxyl groups is 1. The molecule has 128 valence electrons. The number of hydrogen-bond donors (Lipinski definition) is 2. The molecule has 3 rings (SSSR count). The number of nitro benzene ring substituents is 1. The quantitative estimate of drug-likeness (QED) is 0.653. The molecule has 1 amide bonds. The first-order chi connectivity index (χ1) is 12.0. The SMILES string of the molecule is CC(=O)NC1Oc2cc([N+](=O)[O-])ccc2C(Oc2ccccc2)=C1O. The van der Waals surface area contributed by atoms with E-state index in [9.17, 15) is 20.0 Å². The first-order valence-corrected chi connectivity index (χ1v) is 7.34. The maximum atomic E-state index is 11.3. The monoisotopic (exact) mass is 342 g/mol. The number of aliphatic hydroxyl groups excluding tert-OH is 1. The summed E-state index contributed by atoms with van der Waals surface area (Å²) in [7, 11) is 0. The largest absolute Gasteiger partial charge is 0.504 e. The lowest BCUT2D eigenvalue weighted by Gasteiger charge is -2.27. The number of nitro groups is 1. The number of ether oxygens (including phenoxy) is 2. The van der Waals surface area contributed by atoms with Crippen molar-refractivity contribution in [3.8, 4) is 11.5 Å². The van der Waals surface area contributed by atoms with Gasteiger partial charge in [0.25, 0.3) is 5.69 Å². The van der Waals surface area contributed by atoms with Crippen molar-refractivity contribution in [3.63, 3.8) is 0 Å². The summed E-state index contributed by atoms with van der Waals surface area (Å²) in [6.07, 6.45) is -1.20. The molecule has 1 aliphatic rings. The highest BCUT2D eigenvalue weighted by atomic mass is 16.6. The second-order valence-corrected chi connectivity index (χ2v) is 5.27. The summed E-state index contributed by atoms with van der Waals surface area (Å²) >= 11 is 0. The summed E-state index contributed by atoms with van der Waals surface area (Å²) in [5.74, 6) is -0.139. The number of nitrogens with zero attached hydrogens (tertiary/aromatic N) is 1. The summed E-state index contributed by atoms with van der Waals surface area (Å²) in [6.45, 7) is 1.26. The topological polar surface area (TPSA) is 111 Å². The third kappa shape index (κ3) is 3.37. The van der Waals surface area contributed by atoms with Crippen LogP contribution in [0, 0.1) is 10.1 Å². The van der Waals surface area contributed by atoms with Crippen LogP contribution in [0.2, 0.25) is 0 Å². The molecule has 2 aromatic carbocycles. The lowest BCUT2D eigenvalue weighted by molar-refractivity contribution is -0.385. The van der Waals surface area contributed by atoms with Gasteiger partial charge in [-0.1, -0.05) is 18.2 Å². The van der Waals surface area contributed by atoms with Crippen LogP contribution >= 0.6 is 0 Å². The molecule has 1 atom stereocenters. The Labute approximate surface area is 142 Å². The van der Waals surface area contributed by atoms with E-state index in [4.69, 9.17) is 9.47 Å². The van der Waals surface area contributed by atoms with Crippen molar-refractivity contribution in [1.29, 1.82) is 0 Å². The maximum absolute atomic E-state index is 11.3. The fraction of sp³-hybridized carbons (Fsp3) is 0.118. The van der Waals surface area contributed by atoms with E-state index in [0.29, 0.717) is 11.3 Å². The highest BCUT2D eigenvalue weighted by Crippen LogP contribution is 2.38. The first kappa shape index (κ1) is 16.3. The fourth-order valence-electron chi connectivity index (χ4n) is 2.35. The van der Waals surface area contributed by atoms with Crippen molar-refractivity contribution in [3.05, 3.63) is 70.0 Å². The highest BCUT2D eigenvalue weighted by Gasteiger charge is 2.32. The van der Waals surface area contributed by atoms with Gasteiger partial charge in [0.15, 0.2) is 11.5 Å². The second kappa shape index (κ2) is 6.52. The van der Waals surface area contributed by atoms with Crippen molar-refractivity contribution in [2.45, 2.75) is 13.2 Å². The number of benzene rings is 2. The Balaban J connectivity index is 2.07. The summed E-state index contributed by atoms with van der Waals surface area (Å²) in [4.78, 5) is 21.7. The van der Waals surface area contributed by atoms with Crippen LogP contribution in [-0.2, 0) is 4.79 Å². The van der Waals surface area contributed by atoms with Crippen LogP contribution in [0.4, 0.5) is 5.69 Å². The van der Waals surface area contributed by atoms with Gasteiger partial charge in [0.2, 0.25) is 12.1 Å². The van der Waals surface area contributed by atoms with Gasteiger partial charge in [0.05, 0.1) is 16.6 Å². The molecule has 0 radical (unpaired) electrons. The standard InChI is InChI=1S/C17H14N2O6/c1-10(20)18-17-15(21)16(24-12-5-3-2-4-6-12)13-8-7-11(19(22)23)9-14(13)25-17/h2-9,17,21H,1H3,(H,18,20). The molecule has 0 aliphatic carbocycles.